The summed E-state index contributed by atoms with van der Waals surface area (Å²) >= 11 is 0. The first-order valence-electron chi connectivity index (χ1n) is 18.6. The summed E-state index contributed by atoms with van der Waals surface area (Å²) in [4.78, 5) is 26.2. The van der Waals surface area contributed by atoms with Crippen LogP contribution < -0.4 is 5.73 Å². The van der Waals surface area contributed by atoms with Crippen molar-refractivity contribution in [3.8, 4) is 0 Å². The number of amides is 2. The van der Waals surface area contributed by atoms with Gasteiger partial charge in [-0.05, 0) is 115 Å². The number of carbonyl (C=O) groups is 2. The van der Waals surface area contributed by atoms with E-state index in [9.17, 15) is 14.7 Å². The first kappa shape index (κ1) is 31.8. The normalized spacial score (nSPS) is 52.0. The van der Waals surface area contributed by atoms with Crippen LogP contribution in [0.4, 0.5) is 4.79 Å². The number of ether oxygens (including phenoxy) is 4. The number of carbonyl (C=O) groups excluding carboxylic acids is 2. The van der Waals surface area contributed by atoms with Gasteiger partial charge in [-0.1, -0.05) is 34.6 Å². The minimum Gasteiger partial charge on any atom is -0.447 e. The van der Waals surface area contributed by atoms with Crippen molar-refractivity contribution < 1.29 is 33.6 Å². The van der Waals surface area contributed by atoms with Crippen molar-refractivity contribution in [1.82, 2.24) is 4.90 Å². The Morgan fingerprint density at radius 3 is 2.48 bits per heavy atom. The molecule has 13 atom stereocenters. The van der Waals surface area contributed by atoms with Crippen molar-refractivity contribution >= 4 is 12.0 Å². The molecule has 8 aliphatic rings. The number of primary amides is 1. The summed E-state index contributed by atoms with van der Waals surface area (Å²) in [6.07, 6.45) is 10.0. The van der Waals surface area contributed by atoms with Crippen LogP contribution in [0, 0.1) is 56.7 Å². The zero-order valence-corrected chi connectivity index (χ0v) is 28.8. The summed E-state index contributed by atoms with van der Waals surface area (Å²) in [5.74, 6) is 2.55. The highest BCUT2D eigenvalue weighted by Gasteiger charge is 2.84. The van der Waals surface area contributed by atoms with Gasteiger partial charge in [-0.25, -0.2) is 4.79 Å². The summed E-state index contributed by atoms with van der Waals surface area (Å²) in [6, 6.07) is 0. The Kier molecular flexibility index (Phi) is 7.29. The Morgan fingerprint density at radius 1 is 1.00 bits per heavy atom. The van der Waals surface area contributed by atoms with E-state index in [0.717, 1.165) is 32.1 Å². The first-order valence-corrected chi connectivity index (χ1v) is 18.6. The maximum Gasteiger partial charge on any atom is 0.404 e. The molecular formula is C37H58N2O7. The number of fused-ring (bicyclic) bond motifs is 4. The van der Waals surface area contributed by atoms with E-state index < -0.39 is 12.2 Å². The number of hydrogen-bond acceptors (Lipinski definition) is 7. The van der Waals surface area contributed by atoms with E-state index in [0.29, 0.717) is 55.2 Å². The fourth-order valence-electron chi connectivity index (χ4n) is 13.7. The maximum absolute atomic E-state index is 12.9. The van der Waals surface area contributed by atoms with E-state index in [1.165, 1.54) is 32.1 Å². The van der Waals surface area contributed by atoms with Gasteiger partial charge >= 0.3 is 6.09 Å². The van der Waals surface area contributed by atoms with Crippen LogP contribution >= 0.6 is 0 Å². The van der Waals surface area contributed by atoms with Crippen molar-refractivity contribution in [3.63, 3.8) is 0 Å². The molecule has 0 unspecified atom stereocenters. The van der Waals surface area contributed by atoms with Gasteiger partial charge in [-0.2, -0.15) is 0 Å². The van der Waals surface area contributed by atoms with E-state index in [1.807, 2.05) is 4.90 Å². The second-order valence-corrected chi connectivity index (χ2v) is 18.2. The molecule has 2 heterocycles. The molecule has 6 aliphatic carbocycles. The highest BCUT2D eigenvalue weighted by Crippen LogP contribution is 2.89. The molecule has 0 radical (unpaired) electrons. The van der Waals surface area contributed by atoms with Gasteiger partial charge in [-0.15, -0.1) is 0 Å². The Bertz CT molecular complexity index is 1260. The molecule has 8 fully saturated rings. The first-order chi connectivity index (χ1) is 21.8. The molecule has 0 aromatic rings. The molecule has 9 heteroatoms. The van der Waals surface area contributed by atoms with Gasteiger partial charge in [0.05, 0.1) is 37.6 Å². The zero-order valence-electron chi connectivity index (χ0n) is 28.8. The van der Waals surface area contributed by atoms with Gasteiger partial charge in [0, 0.05) is 18.4 Å². The molecule has 0 aromatic heterocycles. The summed E-state index contributed by atoms with van der Waals surface area (Å²) in [6.45, 7) is 14.0. The topological polar surface area (TPSA) is 121 Å². The molecule has 2 aliphatic heterocycles. The van der Waals surface area contributed by atoms with Crippen LogP contribution in [0.1, 0.15) is 105 Å². The maximum atomic E-state index is 12.9. The summed E-state index contributed by atoms with van der Waals surface area (Å²) < 4.78 is 24.7. The van der Waals surface area contributed by atoms with E-state index in [1.54, 1.807) is 0 Å². The fraction of sp³-hybridized carbons (Fsp3) is 0.946. The molecule has 2 amide bonds. The quantitative estimate of drug-likeness (QED) is 0.405. The van der Waals surface area contributed by atoms with Gasteiger partial charge in [0.25, 0.3) is 0 Å². The van der Waals surface area contributed by atoms with E-state index in [2.05, 4.69) is 34.6 Å². The van der Waals surface area contributed by atoms with E-state index >= 15 is 0 Å². The lowest BCUT2D eigenvalue weighted by atomic mass is 9.41. The Morgan fingerprint density at radius 2 is 1.74 bits per heavy atom. The largest absolute Gasteiger partial charge is 0.447 e. The average Bonchev–Trinajstić information content (AvgIpc) is 3.93. The Balaban J connectivity index is 0.995. The lowest BCUT2D eigenvalue weighted by Crippen LogP contribution is -2.60. The lowest BCUT2D eigenvalue weighted by Gasteiger charge is -2.64. The molecule has 2 spiro atoms. The molecule has 46 heavy (non-hydrogen) atoms. The minimum absolute atomic E-state index is 0.00445. The van der Waals surface area contributed by atoms with E-state index in [-0.39, 0.29) is 64.7 Å². The van der Waals surface area contributed by atoms with Crippen LogP contribution in [0.5, 0.6) is 0 Å². The predicted octanol–water partition coefficient (Wildman–Crippen LogP) is 5.27. The van der Waals surface area contributed by atoms with Crippen LogP contribution in [0.25, 0.3) is 0 Å². The van der Waals surface area contributed by atoms with Gasteiger partial charge in [0.2, 0.25) is 5.91 Å². The third kappa shape index (κ3) is 4.32. The van der Waals surface area contributed by atoms with E-state index in [4.69, 9.17) is 24.7 Å². The number of rotatable bonds is 6. The predicted molar refractivity (Wildman–Crippen MR) is 170 cm³/mol. The SMILES string of the molecule is C[C@@H]1C[C@@H](COC(N)=O)O[C@H]2[C@H]1[C@@]1(C)CC[C@@]34C[C@@]35CC[C@H](O[C@H]3CN(C(=O)CC6CC6)CCO3)C(C)(C)[C@@H]5CC[C@H]4[C@]1(C)[C@H]2O. The second kappa shape index (κ2) is 10.5. The average molecular weight is 643 g/mol. The van der Waals surface area contributed by atoms with Crippen molar-refractivity contribution in [2.24, 2.45) is 62.4 Å². The summed E-state index contributed by atoms with van der Waals surface area (Å²) in [5, 5.41) is 12.3. The van der Waals surface area contributed by atoms with Crippen LogP contribution in [0.2, 0.25) is 0 Å². The van der Waals surface area contributed by atoms with Crippen molar-refractivity contribution in [2.75, 3.05) is 26.3 Å². The van der Waals surface area contributed by atoms with Gasteiger partial charge < -0.3 is 34.7 Å². The third-order valence-electron chi connectivity index (χ3n) is 16.1. The van der Waals surface area contributed by atoms with Crippen molar-refractivity contribution in [2.45, 2.75) is 136 Å². The molecule has 3 N–H and O–H groups in total. The number of nitrogens with zero attached hydrogens (tertiary/aromatic N) is 1. The molecule has 258 valence electrons. The van der Waals surface area contributed by atoms with Gasteiger partial charge in [-0.3, -0.25) is 4.79 Å². The van der Waals surface area contributed by atoms with Gasteiger partial charge in [0.15, 0.2) is 6.29 Å². The number of aliphatic hydroxyl groups is 1. The zero-order chi connectivity index (χ0) is 32.4. The number of aliphatic hydroxyl groups excluding tert-OH is 1. The van der Waals surface area contributed by atoms with Gasteiger partial charge in [0.1, 0.15) is 6.61 Å². The fourth-order valence-corrected chi connectivity index (χ4v) is 13.7. The number of nitrogens with two attached hydrogens (primary N) is 1. The van der Waals surface area contributed by atoms with Crippen LogP contribution in [-0.2, 0) is 23.7 Å². The van der Waals surface area contributed by atoms with Crippen LogP contribution in [-0.4, -0.2) is 79.0 Å². The van der Waals surface area contributed by atoms with Crippen molar-refractivity contribution in [3.05, 3.63) is 0 Å². The molecule has 2 saturated heterocycles. The number of morpholine rings is 1. The smallest absolute Gasteiger partial charge is 0.404 e. The standard InChI is InChI=1S/C37H58N2O7/c1-21-16-23(19-44-32(38)42)45-30-29(21)34(4)12-13-37-20-36(37)11-10-26(33(2,3)24(36)8-9-25(37)35(34,5)31(30)41)46-28-18-39(14-15-43-28)27(40)17-22-6-7-22/h21-26,28-31,41H,6-20H2,1-5H3,(H2,38,42)/t21-,23+,24+,25+,26+,28+,29+,30+,31+,34-,35-,36-,37+/m1/s1. The Labute approximate surface area is 275 Å². The number of hydrogen-bond donors (Lipinski definition) is 2. The molecule has 0 aromatic carbocycles. The molecule has 8 rings (SSSR count). The Hall–Kier alpha value is -1.42. The summed E-state index contributed by atoms with van der Waals surface area (Å²) in [7, 11) is 0. The highest BCUT2D eigenvalue weighted by molar-refractivity contribution is 5.76. The van der Waals surface area contributed by atoms with Crippen molar-refractivity contribution in [1.29, 1.82) is 0 Å². The molecular weight excluding hydrogens is 584 g/mol. The molecule has 0 bridgehead atoms. The highest BCUT2D eigenvalue weighted by atomic mass is 16.7. The minimum atomic E-state index is -0.772. The monoisotopic (exact) mass is 642 g/mol. The third-order valence-corrected chi connectivity index (χ3v) is 16.1. The molecule has 6 saturated carbocycles. The lowest BCUT2D eigenvalue weighted by molar-refractivity contribution is -0.248. The molecule has 9 nitrogen and oxygen atoms in total. The van der Waals surface area contributed by atoms with Crippen LogP contribution in [0.3, 0.4) is 0 Å². The second-order valence-electron chi connectivity index (χ2n) is 18.2. The van der Waals surface area contributed by atoms with Crippen LogP contribution in [0.15, 0.2) is 0 Å². The summed E-state index contributed by atoms with van der Waals surface area (Å²) in [5.41, 5.74) is 5.62.